The summed E-state index contributed by atoms with van der Waals surface area (Å²) in [5.41, 5.74) is 4.94. The van der Waals surface area contributed by atoms with Crippen LogP contribution in [0, 0.1) is 0 Å². The molecule has 2 heterocycles. The van der Waals surface area contributed by atoms with Gasteiger partial charge in [0.2, 0.25) is 0 Å². The normalized spacial score (nSPS) is 17.6. The number of hydrogen-bond acceptors (Lipinski definition) is 3. The van der Waals surface area contributed by atoms with Crippen molar-refractivity contribution in [3.05, 3.63) is 47.5 Å². The molecule has 0 amide bonds. The Labute approximate surface area is 118 Å². The maximum atomic E-state index is 4.55. The number of aliphatic imine (C=N–C) groups is 1. The highest BCUT2D eigenvalue weighted by Crippen LogP contribution is 2.34. The largest absolute Gasteiger partial charge is 0.292 e. The smallest absolute Gasteiger partial charge is 0.131 e. The molecule has 100 valence electrons. The predicted octanol–water partition coefficient (Wildman–Crippen LogP) is 3.39. The van der Waals surface area contributed by atoms with E-state index >= 15 is 0 Å². The zero-order valence-electron chi connectivity index (χ0n) is 11.4. The monoisotopic (exact) mass is 263 g/mol. The first-order valence-corrected chi connectivity index (χ1v) is 7.35. The highest BCUT2D eigenvalue weighted by Gasteiger charge is 2.21. The van der Waals surface area contributed by atoms with E-state index in [0.717, 1.165) is 24.4 Å². The van der Waals surface area contributed by atoms with Crippen LogP contribution < -0.4 is 0 Å². The van der Waals surface area contributed by atoms with Crippen LogP contribution in [0.1, 0.15) is 42.1 Å². The van der Waals surface area contributed by atoms with Crippen LogP contribution in [0.15, 0.2) is 35.6 Å². The first-order valence-electron chi connectivity index (χ1n) is 7.35. The second kappa shape index (κ2) is 4.82. The molecule has 3 nitrogen and oxygen atoms in total. The van der Waals surface area contributed by atoms with Gasteiger partial charge in [0.1, 0.15) is 5.82 Å². The second-order valence-corrected chi connectivity index (χ2v) is 5.66. The van der Waals surface area contributed by atoms with E-state index in [9.17, 15) is 0 Å². The summed E-state index contributed by atoms with van der Waals surface area (Å²) in [6, 6.07) is 6.54. The van der Waals surface area contributed by atoms with Crippen LogP contribution in [0.3, 0.4) is 0 Å². The molecule has 20 heavy (non-hydrogen) atoms. The summed E-state index contributed by atoms with van der Waals surface area (Å²) >= 11 is 0. The molecule has 0 unspecified atom stereocenters. The van der Waals surface area contributed by atoms with Crippen molar-refractivity contribution in [2.75, 3.05) is 6.54 Å². The van der Waals surface area contributed by atoms with Gasteiger partial charge in [-0.2, -0.15) is 0 Å². The summed E-state index contributed by atoms with van der Waals surface area (Å²) in [5, 5.41) is 0. The molecule has 1 fully saturated rings. The summed E-state index contributed by atoms with van der Waals surface area (Å²) in [6.07, 6.45) is 10.8. The highest BCUT2D eigenvalue weighted by atomic mass is 14.9. The number of hydrogen-bond donors (Lipinski definition) is 0. The van der Waals surface area contributed by atoms with E-state index in [1.54, 1.807) is 0 Å². The minimum Gasteiger partial charge on any atom is -0.292 e. The molecule has 0 saturated heterocycles. The van der Waals surface area contributed by atoms with Gasteiger partial charge in [-0.1, -0.05) is 24.6 Å². The van der Waals surface area contributed by atoms with Crippen LogP contribution in [-0.2, 0) is 6.42 Å². The standard InChI is InChI=1S/C17H17N3/c1-2-12(3-1)17-19-10-16(11-20-17)13-4-5-15-9-18-7-6-14(15)8-13/h4-5,8-12H,1-3,6-7H2. The van der Waals surface area contributed by atoms with E-state index < -0.39 is 0 Å². The lowest BCUT2D eigenvalue weighted by molar-refractivity contribution is 0.401. The molecular formula is C17H17N3. The summed E-state index contributed by atoms with van der Waals surface area (Å²) < 4.78 is 0. The Hall–Kier alpha value is -2.03. The van der Waals surface area contributed by atoms with Crippen LogP contribution in [-0.4, -0.2) is 22.7 Å². The van der Waals surface area contributed by atoms with Crippen LogP contribution >= 0.6 is 0 Å². The van der Waals surface area contributed by atoms with Gasteiger partial charge in [-0.25, -0.2) is 9.97 Å². The number of benzene rings is 1. The second-order valence-electron chi connectivity index (χ2n) is 5.66. The zero-order valence-corrected chi connectivity index (χ0v) is 11.4. The minimum atomic E-state index is 0.601. The fraction of sp³-hybridized carbons (Fsp3) is 0.353. The van der Waals surface area contributed by atoms with Crippen molar-refractivity contribution in [2.45, 2.75) is 31.6 Å². The molecule has 2 aromatic rings. The van der Waals surface area contributed by atoms with Crippen molar-refractivity contribution in [2.24, 2.45) is 4.99 Å². The lowest BCUT2D eigenvalue weighted by atomic mass is 9.85. The summed E-state index contributed by atoms with van der Waals surface area (Å²) in [6.45, 7) is 0.896. The van der Waals surface area contributed by atoms with Crippen molar-refractivity contribution < 1.29 is 0 Å². The molecule has 1 aromatic carbocycles. The predicted molar refractivity (Wildman–Crippen MR) is 80.2 cm³/mol. The SMILES string of the molecule is C1=NCCc2cc(-c3cnc(C4CCC4)nc3)ccc21. The average Bonchev–Trinajstić information content (AvgIpc) is 2.46. The van der Waals surface area contributed by atoms with Crippen molar-refractivity contribution in [1.82, 2.24) is 9.97 Å². The van der Waals surface area contributed by atoms with E-state index in [-0.39, 0.29) is 0 Å². The van der Waals surface area contributed by atoms with Gasteiger partial charge in [-0.05, 0) is 36.0 Å². The lowest BCUT2D eigenvalue weighted by Crippen LogP contribution is -2.12. The molecule has 4 rings (SSSR count). The maximum absolute atomic E-state index is 4.55. The summed E-state index contributed by atoms with van der Waals surface area (Å²) in [5.74, 6) is 1.62. The summed E-state index contributed by atoms with van der Waals surface area (Å²) in [7, 11) is 0. The van der Waals surface area contributed by atoms with Crippen LogP contribution in [0.5, 0.6) is 0 Å². The summed E-state index contributed by atoms with van der Waals surface area (Å²) in [4.78, 5) is 13.4. The third-order valence-corrected chi connectivity index (χ3v) is 4.36. The Morgan fingerprint density at radius 1 is 1.00 bits per heavy atom. The Bertz CT molecular complexity index is 654. The fourth-order valence-electron chi connectivity index (χ4n) is 2.84. The van der Waals surface area contributed by atoms with E-state index in [2.05, 4.69) is 33.2 Å². The van der Waals surface area contributed by atoms with E-state index in [4.69, 9.17) is 0 Å². The van der Waals surface area contributed by atoms with E-state index in [0.29, 0.717) is 5.92 Å². The maximum Gasteiger partial charge on any atom is 0.131 e. The average molecular weight is 263 g/mol. The molecule has 1 saturated carbocycles. The highest BCUT2D eigenvalue weighted by molar-refractivity contribution is 5.84. The first-order chi connectivity index (χ1) is 9.90. The van der Waals surface area contributed by atoms with Gasteiger partial charge in [0.15, 0.2) is 0 Å². The van der Waals surface area contributed by atoms with Crippen molar-refractivity contribution in [3.8, 4) is 11.1 Å². The molecule has 1 aliphatic carbocycles. The molecule has 0 atom stereocenters. The molecule has 2 aliphatic rings. The van der Waals surface area contributed by atoms with Crippen LogP contribution in [0.4, 0.5) is 0 Å². The Kier molecular flexibility index (Phi) is 2.84. The third-order valence-electron chi connectivity index (χ3n) is 4.36. The lowest BCUT2D eigenvalue weighted by Gasteiger charge is -2.23. The number of fused-ring (bicyclic) bond motifs is 1. The molecule has 0 N–H and O–H groups in total. The molecule has 0 spiro atoms. The molecule has 1 aromatic heterocycles. The zero-order chi connectivity index (χ0) is 13.4. The Balaban J connectivity index is 1.65. The molecule has 0 radical (unpaired) electrons. The Morgan fingerprint density at radius 2 is 1.85 bits per heavy atom. The third kappa shape index (κ3) is 2.03. The van der Waals surface area contributed by atoms with Crippen molar-refractivity contribution in [1.29, 1.82) is 0 Å². The number of rotatable bonds is 2. The van der Waals surface area contributed by atoms with Gasteiger partial charge in [0, 0.05) is 36.6 Å². The molecule has 1 aliphatic heterocycles. The Morgan fingerprint density at radius 3 is 2.60 bits per heavy atom. The fourth-order valence-corrected chi connectivity index (χ4v) is 2.84. The van der Waals surface area contributed by atoms with Gasteiger partial charge in [0.25, 0.3) is 0 Å². The van der Waals surface area contributed by atoms with Gasteiger partial charge in [-0.3, -0.25) is 4.99 Å². The number of nitrogens with zero attached hydrogens (tertiary/aromatic N) is 3. The first kappa shape index (κ1) is 11.8. The van der Waals surface area contributed by atoms with Gasteiger partial charge in [0.05, 0.1) is 0 Å². The van der Waals surface area contributed by atoms with Gasteiger partial charge < -0.3 is 0 Å². The van der Waals surface area contributed by atoms with Crippen molar-refractivity contribution in [3.63, 3.8) is 0 Å². The van der Waals surface area contributed by atoms with Crippen molar-refractivity contribution >= 4 is 6.21 Å². The van der Waals surface area contributed by atoms with E-state index in [1.807, 2.05) is 18.6 Å². The molecule has 3 heteroatoms. The molecule has 0 bridgehead atoms. The number of aromatic nitrogens is 2. The molecular weight excluding hydrogens is 246 g/mol. The topological polar surface area (TPSA) is 38.1 Å². The minimum absolute atomic E-state index is 0.601. The van der Waals surface area contributed by atoms with E-state index in [1.165, 1.54) is 36.0 Å². The van der Waals surface area contributed by atoms with Gasteiger partial charge >= 0.3 is 0 Å². The quantitative estimate of drug-likeness (QED) is 0.833. The van der Waals surface area contributed by atoms with Gasteiger partial charge in [-0.15, -0.1) is 0 Å². The van der Waals surface area contributed by atoms with Crippen LogP contribution in [0.2, 0.25) is 0 Å². The van der Waals surface area contributed by atoms with Crippen LogP contribution in [0.25, 0.3) is 11.1 Å².